The molecular formula is C20H18N2O6S. The highest BCUT2D eigenvalue weighted by molar-refractivity contribution is 7.89. The number of aliphatic carboxylic acids is 1. The van der Waals surface area contributed by atoms with Crippen molar-refractivity contribution in [2.24, 2.45) is 0 Å². The number of fused-ring (bicyclic) bond motifs is 1. The first-order valence-electron chi connectivity index (χ1n) is 8.68. The van der Waals surface area contributed by atoms with Crippen molar-refractivity contribution in [3.8, 4) is 0 Å². The van der Waals surface area contributed by atoms with E-state index in [1.165, 1.54) is 37.3 Å². The molecule has 0 aliphatic heterocycles. The number of para-hydroxylation sites is 1. The fraction of sp³-hybridized carbons (Fsp3) is 0.150. The van der Waals surface area contributed by atoms with Crippen molar-refractivity contribution in [3.63, 3.8) is 0 Å². The molecule has 0 heterocycles. The second-order valence-electron chi connectivity index (χ2n) is 6.43. The number of hydrogen-bond acceptors (Lipinski definition) is 5. The van der Waals surface area contributed by atoms with Crippen molar-refractivity contribution < 1.29 is 23.2 Å². The minimum Gasteiger partial charge on any atom is -0.480 e. The Labute approximate surface area is 167 Å². The number of sulfonamides is 1. The Morgan fingerprint density at radius 3 is 2.38 bits per heavy atom. The van der Waals surface area contributed by atoms with E-state index >= 15 is 0 Å². The summed E-state index contributed by atoms with van der Waals surface area (Å²) in [5, 5.41) is 21.9. The molecule has 150 valence electrons. The molecule has 0 radical (unpaired) electrons. The smallest absolute Gasteiger partial charge is 0.321 e. The molecule has 0 saturated carbocycles. The van der Waals surface area contributed by atoms with Gasteiger partial charge in [0.1, 0.15) is 6.04 Å². The lowest BCUT2D eigenvalue weighted by molar-refractivity contribution is -0.385. The van der Waals surface area contributed by atoms with E-state index in [1.807, 2.05) is 0 Å². The van der Waals surface area contributed by atoms with E-state index in [4.69, 9.17) is 0 Å². The Morgan fingerprint density at radius 2 is 1.69 bits per heavy atom. The van der Waals surface area contributed by atoms with E-state index in [9.17, 15) is 28.4 Å². The van der Waals surface area contributed by atoms with Crippen molar-refractivity contribution in [2.45, 2.75) is 24.4 Å². The first-order valence-corrected chi connectivity index (χ1v) is 10.1. The van der Waals surface area contributed by atoms with Gasteiger partial charge in [0.2, 0.25) is 10.0 Å². The highest BCUT2D eigenvalue weighted by Crippen LogP contribution is 2.29. The van der Waals surface area contributed by atoms with Crippen LogP contribution in [0.25, 0.3) is 10.8 Å². The summed E-state index contributed by atoms with van der Waals surface area (Å²) >= 11 is 0. The van der Waals surface area contributed by atoms with Gasteiger partial charge in [0.15, 0.2) is 0 Å². The number of rotatable bonds is 7. The van der Waals surface area contributed by atoms with Crippen LogP contribution < -0.4 is 0 Å². The molecule has 8 nitrogen and oxygen atoms in total. The second kappa shape index (κ2) is 7.98. The number of benzene rings is 3. The molecule has 3 aromatic rings. The first-order chi connectivity index (χ1) is 13.7. The summed E-state index contributed by atoms with van der Waals surface area (Å²) < 4.78 is 27.7. The van der Waals surface area contributed by atoms with Crippen LogP contribution in [0.15, 0.2) is 71.6 Å². The van der Waals surface area contributed by atoms with E-state index in [-0.39, 0.29) is 16.1 Å². The molecule has 0 aliphatic carbocycles. The quantitative estimate of drug-likeness (QED) is 0.468. The fourth-order valence-corrected chi connectivity index (χ4v) is 4.87. The normalized spacial score (nSPS) is 12.8. The van der Waals surface area contributed by atoms with Gasteiger partial charge in [-0.1, -0.05) is 54.6 Å². The molecular weight excluding hydrogens is 396 g/mol. The van der Waals surface area contributed by atoms with Crippen LogP contribution >= 0.6 is 0 Å². The summed E-state index contributed by atoms with van der Waals surface area (Å²) in [5.41, 5.74) is -0.169. The standard InChI is InChI=1S/C20H18N2O6S/c1-14(20(23)24)21(13-16-8-3-5-11-18(16)22(25)26)29(27,28)19-12-6-9-15-7-2-4-10-17(15)19/h2-12,14H,13H2,1H3,(H,23,24). The molecule has 29 heavy (non-hydrogen) atoms. The Morgan fingerprint density at radius 1 is 1.07 bits per heavy atom. The second-order valence-corrected chi connectivity index (χ2v) is 8.29. The van der Waals surface area contributed by atoms with Gasteiger partial charge in [-0.05, 0) is 18.4 Å². The van der Waals surface area contributed by atoms with E-state index in [2.05, 4.69) is 0 Å². The Balaban J connectivity index is 2.17. The highest BCUT2D eigenvalue weighted by Gasteiger charge is 2.35. The maximum absolute atomic E-state index is 13.5. The molecule has 1 atom stereocenters. The average Bonchev–Trinajstić information content (AvgIpc) is 2.71. The largest absolute Gasteiger partial charge is 0.480 e. The van der Waals surface area contributed by atoms with Crippen LogP contribution in [0.3, 0.4) is 0 Å². The summed E-state index contributed by atoms with van der Waals surface area (Å²) in [4.78, 5) is 22.3. The zero-order valence-electron chi connectivity index (χ0n) is 15.4. The zero-order valence-corrected chi connectivity index (χ0v) is 16.2. The Bertz CT molecular complexity index is 1190. The minimum atomic E-state index is -4.28. The monoisotopic (exact) mass is 414 g/mol. The summed E-state index contributed by atoms with van der Waals surface area (Å²) in [5.74, 6) is -1.35. The maximum Gasteiger partial charge on any atom is 0.321 e. The van der Waals surface area contributed by atoms with Crippen LogP contribution in [0.5, 0.6) is 0 Å². The summed E-state index contributed by atoms with van der Waals surface area (Å²) in [6, 6.07) is 15.8. The molecule has 3 rings (SSSR count). The summed E-state index contributed by atoms with van der Waals surface area (Å²) in [6.07, 6.45) is 0. The van der Waals surface area contributed by atoms with Crippen LogP contribution in [0.4, 0.5) is 5.69 Å². The van der Waals surface area contributed by atoms with Gasteiger partial charge < -0.3 is 5.11 Å². The molecule has 0 bridgehead atoms. The number of nitro benzene ring substituents is 1. The van der Waals surface area contributed by atoms with Crippen molar-refractivity contribution in [1.29, 1.82) is 0 Å². The van der Waals surface area contributed by atoms with E-state index in [0.29, 0.717) is 10.8 Å². The van der Waals surface area contributed by atoms with E-state index in [1.54, 1.807) is 36.4 Å². The lowest BCUT2D eigenvalue weighted by Gasteiger charge is -2.26. The molecule has 0 saturated heterocycles. The van der Waals surface area contributed by atoms with E-state index in [0.717, 1.165) is 4.31 Å². The van der Waals surface area contributed by atoms with Gasteiger partial charge >= 0.3 is 5.97 Å². The molecule has 3 aromatic carbocycles. The number of carboxylic acids is 1. The van der Waals surface area contributed by atoms with Crippen LogP contribution in [-0.2, 0) is 21.4 Å². The molecule has 9 heteroatoms. The molecule has 0 aliphatic rings. The van der Waals surface area contributed by atoms with Crippen LogP contribution in [0, 0.1) is 10.1 Å². The highest BCUT2D eigenvalue weighted by atomic mass is 32.2. The van der Waals surface area contributed by atoms with Gasteiger partial charge in [0, 0.05) is 23.6 Å². The third-order valence-electron chi connectivity index (χ3n) is 4.64. The fourth-order valence-electron chi connectivity index (χ4n) is 3.09. The molecule has 0 spiro atoms. The summed E-state index contributed by atoms with van der Waals surface area (Å²) in [7, 11) is -4.28. The van der Waals surface area contributed by atoms with E-state index < -0.39 is 33.5 Å². The predicted octanol–water partition coefficient (Wildman–Crippen LogP) is 3.41. The van der Waals surface area contributed by atoms with Gasteiger partial charge in [-0.3, -0.25) is 14.9 Å². The first kappa shape index (κ1) is 20.4. The number of nitrogens with zero attached hydrogens (tertiary/aromatic N) is 2. The van der Waals surface area contributed by atoms with Gasteiger partial charge in [-0.2, -0.15) is 4.31 Å². The average molecular weight is 414 g/mol. The Kier molecular flexibility index (Phi) is 5.62. The topological polar surface area (TPSA) is 118 Å². The number of carboxylic acid groups (broad SMARTS) is 1. The van der Waals surface area contributed by atoms with Crippen molar-refractivity contribution in [2.75, 3.05) is 0 Å². The van der Waals surface area contributed by atoms with Gasteiger partial charge in [0.25, 0.3) is 5.69 Å². The maximum atomic E-state index is 13.5. The molecule has 0 amide bonds. The molecule has 1 unspecified atom stereocenters. The molecule has 0 fully saturated rings. The van der Waals surface area contributed by atoms with Crippen LogP contribution in [-0.4, -0.2) is 34.8 Å². The van der Waals surface area contributed by atoms with Crippen molar-refractivity contribution in [3.05, 3.63) is 82.4 Å². The summed E-state index contributed by atoms with van der Waals surface area (Å²) in [6.45, 7) is 0.788. The molecule has 0 aromatic heterocycles. The van der Waals surface area contributed by atoms with Gasteiger partial charge in [-0.15, -0.1) is 0 Å². The SMILES string of the molecule is CC(C(=O)O)N(Cc1ccccc1[N+](=O)[O-])S(=O)(=O)c1cccc2ccccc12. The minimum absolute atomic E-state index is 0.0534. The predicted molar refractivity (Wildman–Crippen MR) is 107 cm³/mol. The number of nitro groups is 1. The van der Waals surface area contributed by atoms with Gasteiger partial charge in [-0.25, -0.2) is 8.42 Å². The third-order valence-corrected chi connectivity index (χ3v) is 6.61. The number of carbonyl (C=O) groups is 1. The third kappa shape index (κ3) is 3.96. The van der Waals surface area contributed by atoms with Gasteiger partial charge in [0.05, 0.1) is 9.82 Å². The molecule has 1 N–H and O–H groups in total. The zero-order chi connectivity index (χ0) is 21.2. The Hall–Kier alpha value is -3.30. The van der Waals surface area contributed by atoms with Crippen LogP contribution in [0.1, 0.15) is 12.5 Å². The lowest BCUT2D eigenvalue weighted by atomic mass is 10.1. The number of hydrogen-bond donors (Lipinski definition) is 1. The van der Waals surface area contributed by atoms with Crippen molar-refractivity contribution >= 4 is 32.5 Å². The van der Waals surface area contributed by atoms with Crippen LogP contribution in [0.2, 0.25) is 0 Å². The lowest BCUT2D eigenvalue weighted by Crippen LogP contribution is -2.42. The van der Waals surface area contributed by atoms with Crippen molar-refractivity contribution in [1.82, 2.24) is 4.31 Å².